The Morgan fingerprint density at radius 3 is 2.26 bits per heavy atom. The van der Waals surface area contributed by atoms with Crippen LogP contribution >= 0.6 is 0 Å². The average Bonchev–Trinajstić information content (AvgIpc) is 2.37. The molecule has 0 aliphatic carbocycles. The van der Waals surface area contributed by atoms with Crippen molar-refractivity contribution < 1.29 is 19.1 Å². The summed E-state index contributed by atoms with van der Waals surface area (Å²) in [7, 11) is 1.34. The van der Waals surface area contributed by atoms with Crippen molar-refractivity contribution in [2.75, 3.05) is 39.8 Å². The molecule has 1 saturated heterocycles. The first-order chi connectivity index (χ1) is 8.93. The van der Waals surface area contributed by atoms with Gasteiger partial charge in [0.05, 0.1) is 26.1 Å². The fourth-order valence-corrected chi connectivity index (χ4v) is 1.91. The summed E-state index contributed by atoms with van der Waals surface area (Å²) < 4.78 is 4.58. The number of carbonyl (C=O) groups is 3. The zero-order valence-corrected chi connectivity index (χ0v) is 11.0. The summed E-state index contributed by atoms with van der Waals surface area (Å²) in [6.07, 6.45) is -0.152. The van der Waals surface area contributed by atoms with Crippen LogP contribution in [0.2, 0.25) is 0 Å². The normalized spacial score (nSPS) is 17.9. The van der Waals surface area contributed by atoms with Gasteiger partial charge < -0.3 is 21.1 Å². The molecule has 0 radical (unpaired) electrons. The summed E-state index contributed by atoms with van der Waals surface area (Å²) in [5.41, 5.74) is 10.6. The zero-order chi connectivity index (χ0) is 14.4. The molecule has 4 N–H and O–H groups in total. The topological polar surface area (TPSA) is 119 Å². The lowest BCUT2D eigenvalue weighted by Crippen LogP contribution is -2.54. The van der Waals surface area contributed by atoms with Crippen LogP contribution in [0.3, 0.4) is 0 Å². The number of hydrogen-bond donors (Lipinski definition) is 2. The number of hydrogen-bond acceptors (Lipinski definition) is 6. The molecule has 0 aromatic rings. The third-order valence-electron chi connectivity index (χ3n) is 3.00. The predicted octanol–water partition coefficient (Wildman–Crippen LogP) is -2.49. The average molecular weight is 272 g/mol. The molecule has 8 heteroatoms. The summed E-state index contributed by atoms with van der Waals surface area (Å²) in [5, 5.41) is 0. The fourth-order valence-electron chi connectivity index (χ4n) is 1.91. The molecule has 19 heavy (non-hydrogen) atoms. The number of nitrogens with zero attached hydrogens (tertiary/aromatic N) is 2. The van der Waals surface area contributed by atoms with Gasteiger partial charge in [-0.25, -0.2) is 0 Å². The molecule has 1 rings (SSSR count). The molecule has 1 unspecified atom stereocenters. The van der Waals surface area contributed by atoms with E-state index in [2.05, 4.69) is 4.74 Å². The number of amides is 2. The van der Waals surface area contributed by atoms with Gasteiger partial charge in [0.2, 0.25) is 11.8 Å². The first-order valence-electron chi connectivity index (χ1n) is 6.06. The summed E-state index contributed by atoms with van der Waals surface area (Å²) in [4.78, 5) is 37.2. The van der Waals surface area contributed by atoms with Crippen LogP contribution in [-0.4, -0.2) is 73.5 Å². The van der Waals surface area contributed by atoms with Crippen molar-refractivity contribution in [2.45, 2.75) is 12.5 Å². The van der Waals surface area contributed by atoms with Gasteiger partial charge in [-0.2, -0.15) is 0 Å². The smallest absolute Gasteiger partial charge is 0.319 e. The van der Waals surface area contributed by atoms with Crippen molar-refractivity contribution in [3.8, 4) is 0 Å². The Bertz CT molecular complexity index is 353. The quantitative estimate of drug-likeness (QED) is 0.534. The Balaban J connectivity index is 2.38. The molecule has 8 nitrogen and oxygen atoms in total. The highest BCUT2D eigenvalue weighted by Gasteiger charge is 2.26. The van der Waals surface area contributed by atoms with Crippen LogP contribution in [0.1, 0.15) is 6.42 Å². The van der Waals surface area contributed by atoms with Crippen molar-refractivity contribution in [2.24, 2.45) is 11.5 Å². The van der Waals surface area contributed by atoms with Gasteiger partial charge in [-0.3, -0.25) is 19.3 Å². The largest absolute Gasteiger partial charge is 0.468 e. The van der Waals surface area contributed by atoms with Gasteiger partial charge in [-0.1, -0.05) is 0 Å². The third-order valence-corrected chi connectivity index (χ3v) is 3.00. The van der Waals surface area contributed by atoms with Crippen LogP contribution in [0.25, 0.3) is 0 Å². The third kappa shape index (κ3) is 4.84. The molecule has 0 bridgehead atoms. The number of piperazine rings is 1. The molecule has 1 heterocycles. The highest BCUT2D eigenvalue weighted by molar-refractivity contribution is 5.87. The Labute approximate surface area is 111 Å². The van der Waals surface area contributed by atoms with Gasteiger partial charge in [0.1, 0.15) is 0 Å². The van der Waals surface area contributed by atoms with Crippen LogP contribution < -0.4 is 11.5 Å². The van der Waals surface area contributed by atoms with E-state index in [1.807, 2.05) is 4.90 Å². The maximum atomic E-state index is 11.9. The standard InChI is InChI=1S/C11H20N4O4/c1-19-10(17)7-14-2-4-15(5-3-14)11(18)8(12)6-9(13)16/h8H,2-7,12H2,1H3,(H2,13,16). The van der Waals surface area contributed by atoms with Gasteiger partial charge in [-0.05, 0) is 0 Å². The van der Waals surface area contributed by atoms with Crippen molar-refractivity contribution >= 4 is 17.8 Å². The van der Waals surface area contributed by atoms with Crippen molar-refractivity contribution in [1.29, 1.82) is 0 Å². The minimum Gasteiger partial charge on any atom is -0.468 e. The molecular formula is C11H20N4O4. The second kappa shape index (κ2) is 7.05. The number of methoxy groups -OCH3 is 1. The van der Waals surface area contributed by atoms with Crippen LogP contribution in [0.5, 0.6) is 0 Å². The minimum absolute atomic E-state index is 0.152. The molecule has 108 valence electrons. The van der Waals surface area contributed by atoms with Gasteiger partial charge >= 0.3 is 5.97 Å². The van der Waals surface area contributed by atoms with Gasteiger partial charge in [-0.15, -0.1) is 0 Å². The fraction of sp³-hybridized carbons (Fsp3) is 0.727. The van der Waals surface area contributed by atoms with Crippen molar-refractivity contribution in [3.05, 3.63) is 0 Å². The second-order valence-electron chi connectivity index (χ2n) is 4.45. The number of esters is 1. The number of rotatable bonds is 5. The molecule has 0 aromatic carbocycles. The van der Waals surface area contributed by atoms with E-state index in [0.29, 0.717) is 26.2 Å². The van der Waals surface area contributed by atoms with E-state index in [0.717, 1.165) is 0 Å². The first kappa shape index (κ1) is 15.4. The zero-order valence-electron chi connectivity index (χ0n) is 11.0. The van der Waals surface area contributed by atoms with Crippen molar-refractivity contribution in [3.63, 3.8) is 0 Å². The summed E-state index contributed by atoms with van der Waals surface area (Å²) in [6, 6.07) is -0.885. The predicted molar refractivity (Wildman–Crippen MR) is 66.8 cm³/mol. The Morgan fingerprint density at radius 2 is 1.79 bits per heavy atom. The minimum atomic E-state index is -0.885. The molecule has 1 aliphatic heterocycles. The van der Waals surface area contributed by atoms with E-state index in [4.69, 9.17) is 11.5 Å². The molecule has 1 aliphatic rings. The molecule has 1 atom stereocenters. The number of primary amides is 1. The Morgan fingerprint density at radius 1 is 1.21 bits per heavy atom. The molecule has 2 amide bonds. The summed E-state index contributed by atoms with van der Waals surface area (Å²) in [5.74, 6) is -1.17. The molecule has 0 spiro atoms. The lowest BCUT2D eigenvalue weighted by Gasteiger charge is -2.35. The van der Waals surface area contributed by atoms with Crippen LogP contribution in [0, 0.1) is 0 Å². The first-order valence-corrected chi connectivity index (χ1v) is 6.06. The van der Waals surface area contributed by atoms with E-state index in [-0.39, 0.29) is 24.8 Å². The Kier molecular flexibility index (Phi) is 5.71. The van der Waals surface area contributed by atoms with E-state index < -0.39 is 11.9 Å². The summed E-state index contributed by atoms with van der Waals surface area (Å²) >= 11 is 0. The number of carbonyl (C=O) groups excluding carboxylic acids is 3. The highest BCUT2D eigenvalue weighted by atomic mass is 16.5. The van der Waals surface area contributed by atoms with Gasteiger partial charge in [0.15, 0.2) is 0 Å². The monoisotopic (exact) mass is 272 g/mol. The molecule has 0 saturated carbocycles. The highest BCUT2D eigenvalue weighted by Crippen LogP contribution is 2.05. The van der Waals surface area contributed by atoms with E-state index in [9.17, 15) is 14.4 Å². The Hall–Kier alpha value is -1.67. The lowest BCUT2D eigenvalue weighted by atomic mass is 10.1. The maximum Gasteiger partial charge on any atom is 0.319 e. The lowest BCUT2D eigenvalue weighted by molar-refractivity contribution is -0.143. The number of ether oxygens (including phenoxy) is 1. The molecular weight excluding hydrogens is 252 g/mol. The van der Waals surface area contributed by atoms with Crippen molar-refractivity contribution in [1.82, 2.24) is 9.80 Å². The molecule has 0 aromatic heterocycles. The van der Waals surface area contributed by atoms with E-state index in [1.165, 1.54) is 7.11 Å². The van der Waals surface area contributed by atoms with Crippen LogP contribution in [-0.2, 0) is 19.1 Å². The van der Waals surface area contributed by atoms with E-state index >= 15 is 0 Å². The van der Waals surface area contributed by atoms with Crippen LogP contribution in [0.15, 0.2) is 0 Å². The van der Waals surface area contributed by atoms with E-state index in [1.54, 1.807) is 4.90 Å². The maximum absolute atomic E-state index is 11.9. The summed E-state index contributed by atoms with van der Waals surface area (Å²) in [6.45, 7) is 2.31. The van der Waals surface area contributed by atoms with Gasteiger partial charge in [0.25, 0.3) is 0 Å². The number of nitrogens with two attached hydrogens (primary N) is 2. The second-order valence-corrected chi connectivity index (χ2v) is 4.45. The molecule has 1 fully saturated rings. The SMILES string of the molecule is COC(=O)CN1CCN(C(=O)C(N)CC(N)=O)CC1. The van der Waals surface area contributed by atoms with Gasteiger partial charge in [0, 0.05) is 26.2 Å². The van der Waals surface area contributed by atoms with Crippen LogP contribution in [0.4, 0.5) is 0 Å².